The zero-order chi connectivity index (χ0) is 23.8. The normalized spacial score (nSPS) is 12.5. The van der Waals surface area contributed by atoms with E-state index in [-0.39, 0.29) is 18.5 Å². The first-order valence-corrected chi connectivity index (χ1v) is 15.5. The van der Waals surface area contributed by atoms with Crippen molar-refractivity contribution in [1.29, 1.82) is 0 Å². The summed E-state index contributed by atoms with van der Waals surface area (Å²) in [6.45, 7) is 10.3. The molecule has 0 N–H and O–H groups in total. The summed E-state index contributed by atoms with van der Waals surface area (Å²) < 4.78 is 16.9. The van der Waals surface area contributed by atoms with Gasteiger partial charge in [-0.25, -0.2) is 0 Å². The fraction of sp³-hybridized carbons (Fsp3) is 0.769. The van der Waals surface area contributed by atoms with Crippen molar-refractivity contribution in [2.24, 2.45) is 0 Å². The fourth-order valence-electron chi connectivity index (χ4n) is 4.26. The molecule has 0 amide bonds. The molecule has 1 atom stereocenters. The van der Waals surface area contributed by atoms with Gasteiger partial charge in [0.15, 0.2) is 6.10 Å². The minimum Gasteiger partial charge on any atom is -0.474 e. The van der Waals surface area contributed by atoms with Crippen LogP contribution in [0.3, 0.4) is 0 Å². The molecule has 0 aliphatic heterocycles. The predicted octanol–water partition coefficient (Wildman–Crippen LogP) is 7.06. The van der Waals surface area contributed by atoms with Crippen molar-refractivity contribution in [2.45, 2.75) is 123 Å². The van der Waals surface area contributed by atoms with Gasteiger partial charge in [0, 0.05) is 18.9 Å². The molecule has 184 valence electrons. The van der Waals surface area contributed by atoms with Crippen molar-refractivity contribution in [3.8, 4) is 0 Å². The number of ether oxygens (including phenoxy) is 2. The molecule has 0 aromatic carbocycles. The minimum atomic E-state index is -1.66. The Bertz CT molecular complexity index is 642. The summed E-state index contributed by atoms with van der Waals surface area (Å²) in [4.78, 5) is 23.8. The average Bonchev–Trinajstić information content (AvgIpc) is 3.27. The van der Waals surface area contributed by atoms with E-state index >= 15 is 0 Å². The standard InChI is InChI=1S/C26H46O5Si/c1-6-10-11-12-13-14-15-16-17-18-25(28)31-24(21-29-22(5)27)23-19-26(30-20-23)32(7-2,8-3)9-4/h19-20,24H,6-18,21H2,1-5H3. The number of hydrogen-bond donors (Lipinski definition) is 0. The van der Waals surface area contributed by atoms with Crippen LogP contribution in [-0.2, 0) is 19.1 Å². The predicted molar refractivity (Wildman–Crippen MR) is 133 cm³/mol. The Kier molecular flexibility index (Phi) is 14.3. The molecule has 0 aliphatic carbocycles. The first-order valence-electron chi connectivity index (χ1n) is 12.8. The second-order valence-corrected chi connectivity index (χ2v) is 14.1. The number of esters is 2. The van der Waals surface area contributed by atoms with E-state index in [4.69, 9.17) is 13.9 Å². The van der Waals surface area contributed by atoms with Crippen LogP contribution in [0.2, 0.25) is 18.1 Å². The third kappa shape index (κ3) is 9.93. The lowest BCUT2D eigenvalue weighted by Crippen LogP contribution is -2.44. The number of carbonyl (C=O) groups excluding carboxylic acids is 2. The van der Waals surface area contributed by atoms with Gasteiger partial charge in [0.1, 0.15) is 14.7 Å². The van der Waals surface area contributed by atoms with Crippen LogP contribution in [0.15, 0.2) is 16.7 Å². The molecule has 1 aromatic rings. The Morgan fingerprint density at radius 3 is 2.00 bits per heavy atom. The highest BCUT2D eigenvalue weighted by Gasteiger charge is 2.34. The van der Waals surface area contributed by atoms with Crippen LogP contribution in [0.4, 0.5) is 0 Å². The van der Waals surface area contributed by atoms with Crippen LogP contribution in [0, 0.1) is 0 Å². The smallest absolute Gasteiger partial charge is 0.306 e. The van der Waals surface area contributed by atoms with Gasteiger partial charge in [0.05, 0.1) is 11.6 Å². The number of rotatable bonds is 18. The summed E-state index contributed by atoms with van der Waals surface area (Å²) in [5.41, 5.74) is 0.786. The van der Waals surface area contributed by atoms with Gasteiger partial charge in [0.25, 0.3) is 0 Å². The third-order valence-electron chi connectivity index (χ3n) is 6.74. The van der Waals surface area contributed by atoms with Crippen molar-refractivity contribution in [2.75, 3.05) is 6.61 Å². The Balaban J connectivity index is 2.57. The SMILES string of the molecule is CCCCCCCCCCCC(=O)OC(COC(C)=O)c1coc([Si](CC)(CC)CC)c1. The Morgan fingerprint density at radius 2 is 1.47 bits per heavy atom. The maximum atomic E-state index is 12.5. The monoisotopic (exact) mass is 466 g/mol. The van der Waals surface area contributed by atoms with Gasteiger partial charge in [-0.15, -0.1) is 0 Å². The van der Waals surface area contributed by atoms with Crippen LogP contribution < -0.4 is 5.38 Å². The van der Waals surface area contributed by atoms with Crippen molar-refractivity contribution >= 4 is 25.4 Å². The molecule has 5 nitrogen and oxygen atoms in total. The lowest BCUT2D eigenvalue weighted by Gasteiger charge is -2.24. The molecule has 0 aliphatic rings. The van der Waals surface area contributed by atoms with Gasteiger partial charge in [0.2, 0.25) is 0 Å². The summed E-state index contributed by atoms with van der Waals surface area (Å²) in [6.07, 6.45) is 12.3. The lowest BCUT2D eigenvalue weighted by molar-refractivity contribution is -0.158. The van der Waals surface area contributed by atoms with Crippen molar-refractivity contribution < 1.29 is 23.5 Å². The second-order valence-electron chi connectivity index (χ2n) is 8.94. The highest BCUT2D eigenvalue weighted by atomic mass is 28.3. The molecule has 32 heavy (non-hydrogen) atoms. The summed E-state index contributed by atoms with van der Waals surface area (Å²) in [6, 6.07) is 5.36. The molecule has 1 heterocycles. The Hall–Kier alpha value is -1.56. The van der Waals surface area contributed by atoms with E-state index in [1.54, 1.807) is 6.26 Å². The van der Waals surface area contributed by atoms with Crippen LogP contribution in [-0.4, -0.2) is 26.6 Å². The van der Waals surface area contributed by atoms with E-state index in [1.165, 1.54) is 51.9 Å². The Labute approximate surface area is 196 Å². The van der Waals surface area contributed by atoms with Gasteiger partial charge in [-0.3, -0.25) is 9.59 Å². The van der Waals surface area contributed by atoms with Crippen molar-refractivity contribution in [3.63, 3.8) is 0 Å². The van der Waals surface area contributed by atoms with Crippen LogP contribution >= 0.6 is 0 Å². The van der Waals surface area contributed by atoms with Gasteiger partial charge in [-0.05, 0) is 12.5 Å². The molecule has 6 heteroatoms. The number of unbranched alkanes of at least 4 members (excludes halogenated alkanes) is 8. The number of hydrogen-bond acceptors (Lipinski definition) is 5. The first-order chi connectivity index (χ1) is 15.4. The quantitative estimate of drug-likeness (QED) is 0.132. The molecule has 1 unspecified atom stereocenters. The molecule has 0 radical (unpaired) electrons. The molecular formula is C26H46O5Si. The largest absolute Gasteiger partial charge is 0.474 e. The summed E-state index contributed by atoms with van der Waals surface area (Å²) >= 11 is 0. The van der Waals surface area contributed by atoms with E-state index in [9.17, 15) is 9.59 Å². The second kappa shape index (κ2) is 16.1. The Morgan fingerprint density at radius 1 is 0.906 bits per heavy atom. The zero-order valence-electron chi connectivity index (χ0n) is 21.2. The third-order valence-corrected chi connectivity index (χ3v) is 12.1. The van der Waals surface area contributed by atoms with Gasteiger partial charge < -0.3 is 13.9 Å². The zero-order valence-corrected chi connectivity index (χ0v) is 22.2. The van der Waals surface area contributed by atoms with Crippen LogP contribution in [0.1, 0.15) is 110 Å². The highest BCUT2D eigenvalue weighted by Crippen LogP contribution is 2.25. The first kappa shape index (κ1) is 28.5. The van der Waals surface area contributed by atoms with E-state index < -0.39 is 14.2 Å². The molecule has 0 saturated heterocycles. The molecule has 0 fully saturated rings. The van der Waals surface area contributed by atoms with Crippen molar-refractivity contribution in [3.05, 3.63) is 17.9 Å². The van der Waals surface area contributed by atoms with Gasteiger partial charge in [-0.1, -0.05) is 97.2 Å². The van der Waals surface area contributed by atoms with E-state index in [0.29, 0.717) is 6.42 Å². The summed E-state index contributed by atoms with van der Waals surface area (Å²) in [7, 11) is -1.66. The topological polar surface area (TPSA) is 65.7 Å². The molecule has 1 rings (SSSR count). The number of furan rings is 1. The summed E-state index contributed by atoms with van der Waals surface area (Å²) in [5, 5.41) is 1.04. The van der Waals surface area contributed by atoms with E-state index in [1.807, 2.05) is 6.07 Å². The molecular weight excluding hydrogens is 420 g/mol. The van der Waals surface area contributed by atoms with Crippen LogP contribution in [0.25, 0.3) is 0 Å². The highest BCUT2D eigenvalue weighted by molar-refractivity contribution is 6.90. The van der Waals surface area contributed by atoms with Crippen LogP contribution in [0.5, 0.6) is 0 Å². The molecule has 0 spiro atoms. The lowest BCUT2D eigenvalue weighted by atomic mass is 10.1. The van der Waals surface area contributed by atoms with Gasteiger partial charge >= 0.3 is 11.9 Å². The maximum absolute atomic E-state index is 12.5. The molecule has 1 aromatic heterocycles. The van der Waals surface area contributed by atoms with Gasteiger partial charge in [-0.2, -0.15) is 0 Å². The van der Waals surface area contributed by atoms with E-state index in [0.717, 1.165) is 41.9 Å². The molecule has 0 bridgehead atoms. The average molecular weight is 467 g/mol. The van der Waals surface area contributed by atoms with E-state index in [2.05, 4.69) is 27.7 Å². The molecule has 0 saturated carbocycles. The number of carbonyl (C=O) groups is 2. The minimum absolute atomic E-state index is 0.0245. The maximum Gasteiger partial charge on any atom is 0.306 e. The summed E-state index contributed by atoms with van der Waals surface area (Å²) in [5.74, 6) is -0.620. The van der Waals surface area contributed by atoms with Crippen molar-refractivity contribution in [1.82, 2.24) is 0 Å². The fourth-order valence-corrected chi connectivity index (χ4v) is 7.59.